The number of amides is 2. The van der Waals surface area contributed by atoms with E-state index >= 15 is 0 Å². The second-order valence-electron chi connectivity index (χ2n) is 7.10. The molecule has 0 aliphatic heterocycles. The molecule has 34 heavy (non-hydrogen) atoms. The van der Waals surface area contributed by atoms with Gasteiger partial charge in [0.05, 0.1) is 12.4 Å². The van der Waals surface area contributed by atoms with Crippen LogP contribution in [0.25, 0.3) is 5.57 Å². The molecule has 190 valence electrons. The molecule has 0 bridgehead atoms. The smallest absolute Gasteiger partial charge is 0.255 e. The fraction of sp³-hybridized carbons (Fsp3) is 0.444. The lowest BCUT2D eigenvalue weighted by atomic mass is 10.0. The minimum Gasteiger partial charge on any atom is -0.498 e. The Balaban J connectivity index is 0. The Kier molecular flexibility index (Phi) is 19.8. The summed E-state index contributed by atoms with van der Waals surface area (Å²) in [6.45, 7) is 15.7. The first-order valence-electron chi connectivity index (χ1n) is 11.6. The molecule has 0 aliphatic rings. The van der Waals surface area contributed by atoms with Crippen molar-refractivity contribution >= 4 is 23.2 Å². The normalized spacial score (nSPS) is 11.5. The Hall–Kier alpha value is -3.19. The first kappa shape index (κ1) is 33.0. The summed E-state index contributed by atoms with van der Waals surface area (Å²) in [7, 11) is 1.42. The molecular weight excluding hydrogens is 432 g/mol. The zero-order valence-corrected chi connectivity index (χ0v) is 21.7. The molecule has 2 amide bonds. The van der Waals surface area contributed by atoms with Crippen molar-refractivity contribution in [3.63, 3.8) is 0 Å². The van der Waals surface area contributed by atoms with E-state index in [1.54, 1.807) is 6.92 Å². The van der Waals surface area contributed by atoms with Crippen molar-refractivity contribution in [1.82, 2.24) is 10.8 Å². The molecule has 0 saturated heterocycles. The molecule has 0 aliphatic carbocycles. The van der Waals surface area contributed by atoms with Gasteiger partial charge in [0.25, 0.3) is 5.91 Å². The Morgan fingerprint density at radius 3 is 2.03 bits per heavy atom. The molecule has 0 fully saturated rings. The molecule has 1 aromatic carbocycles. The highest BCUT2D eigenvalue weighted by atomic mass is 16.5. The van der Waals surface area contributed by atoms with Gasteiger partial charge in [-0.2, -0.15) is 0 Å². The van der Waals surface area contributed by atoms with Crippen molar-refractivity contribution in [2.45, 2.75) is 60.8 Å². The van der Waals surface area contributed by atoms with Gasteiger partial charge in [-0.05, 0) is 44.4 Å². The van der Waals surface area contributed by atoms with Crippen LogP contribution in [-0.2, 0) is 14.3 Å². The quantitative estimate of drug-likeness (QED) is 0.0750. The van der Waals surface area contributed by atoms with Crippen molar-refractivity contribution < 1.29 is 24.3 Å². The third-order valence-electron chi connectivity index (χ3n) is 4.56. The fourth-order valence-corrected chi connectivity index (χ4v) is 2.45. The van der Waals surface area contributed by atoms with Gasteiger partial charge in [-0.15, -0.1) is 0 Å². The van der Waals surface area contributed by atoms with Crippen LogP contribution in [0, 0.1) is 5.92 Å². The van der Waals surface area contributed by atoms with E-state index in [0.717, 1.165) is 35.5 Å². The average molecular weight is 475 g/mol. The Bertz CT molecular complexity index is 795. The molecule has 0 saturated carbocycles. The monoisotopic (exact) mass is 474 g/mol. The van der Waals surface area contributed by atoms with Crippen LogP contribution in [0.3, 0.4) is 0 Å². The molecule has 3 N–H and O–H groups in total. The maximum Gasteiger partial charge on any atom is 0.255 e. The number of allylic oxidation sites excluding steroid dienone is 5. The van der Waals surface area contributed by atoms with E-state index in [1.807, 2.05) is 63.3 Å². The van der Waals surface area contributed by atoms with Crippen LogP contribution < -0.4 is 10.8 Å². The summed E-state index contributed by atoms with van der Waals surface area (Å²) in [5.74, 6) is -1.01. The molecular formula is C27H42N2O5. The van der Waals surface area contributed by atoms with Gasteiger partial charge in [0.15, 0.2) is 5.78 Å². The van der Waals surface area contributed by atoms with Crippen LogP contribution >= 0.6 is 0 Å². The van der Waals surface area contributed by atoms with E-state index in [9.17, 15) is 14.4 Å². The lowest BCUT2D eigenvalue weighted by Gasteiger charge is -2.06. The number of Topliss-reactive ketones (excluding diaryl/α,β-unsaturated/α-hetero) is 1. The van der Waals surface area contributed by atoms with E-state index in [2.05, 4.69) is 18.8 Å². The molecule has 7 nitrogen and oxygen atoms in total. The van der Waals surface area contributed by atoms with E-state index < -0.39 is 17.7 Å². The lowest BCUT2D eigenvalue weighted by molar-refractivity contribution is -0.139. The van der Waals surface area contributed by atoms with Gasteiger partial charge in [-0.1, -0.05) is 76.6 Å². The first-order valence-corrected chi connectivity index (χ1v) is 11.6. The number of benzene rings is 1. The molecule has 1 unspecified atom stereocenters. The zero-order valence-electron chi connectivity index (χ0n) is 21.7. The zero-order chi connectivity index (χ0) is 26.5. The number of carbonyl (C=O) groups is 3. The largest absolute Gasteiger partial charge is 0.498 e. The molecule has 0 aromatic heterocycles. The number of ketones is 1. The van der Waals surface area contributed by atoms with E-state index in [1.165, 1.54) is 32.3 Å². The minimum atomic E-state index is -0.852. The standard InChI is InChI=1S/C20H26O2.C5H10N2O3.C2H6/c1-5-7-8-15-22-16(3)9-10-18(6-2)20-13-11-19(12-14-20)17(4)21;1-3(4(8)6-2)5(9)7-10;1-2/h6,9-14H,2,5,7-8,15H2,1,3-4H3;3,10H,1-2H3,(H,6,8)(H,7,9);1-2H3/b16-9+,18-10+;;. The van der Waals surface area contributed by atoms with Gasteiger partial charge < -0.3 is 10.1 Å². The number of hydrogen-bond acceptors (Lipinski definition) is 5. The first-order chi connectivity index (χ1) is 16.2. The Morgan fingerprint density at radius 1 is 1.03 bits per heavy atom. The highest BCUT2D eigenvalue weighted by Crippen LogP contribution is 2.17. The second-order valence-corrected chi connectivity index (χ2v) is 7.10. The van der Waals surface area contributed by atoms with Crippen molar-refractivity contribution in [2.75, 3.05) is 13.7 Å². The van der Waals surface area contributed by atoms with Gasteiger partial charge in [0, 0.05) is 12.6 Å². The SMILES string of the molecule is C=C/C(=C\C=C(/C)OCCCCC)c1ccc(C(C)=O)cc1.CC.CNC(=O)C(C)C(=O)NO. The second kappa shape index (κ2) is 20.4. The topological polar surface area (TPSA) is 105 Å². The summed E-state index contributed by atoms with van der Waals surface area (Å²) >= 11 is 0. The Labute approximate surface area is 204 Å². The summed E-state index contributed by atoms with van der Waals surface area (Å²) in [4.78, 5) is 32.4. The number of nitrogens with one attached hydrogen (secondary N) is 2. The van der Waals surface area contributed by atoms with Crippen LogP contribution in [0.15, 0.2) is 54.8 Å². The van der Waals surface area contributed by atoms with Crippen molar-refractivity contribution in [3.8, 4) is 0 Å². The minimum absolute atomic E-state index is 0.0758. The van der Waals surface area contributed by atoms with E-state index in [-0.39, 0.29) is 5.78 Å². The van der Waals surface area contributed by atoms with Gasteiger partial charge in [-0.25, -0.2) is 5.48 Å². The number of unbranched alkanes of at least 4 members (excludes halogenated alkanes) is 2. The van der Waals surface area contributed by atoms with Crippen LogP contribution in [0.2, 0.25) is 0 Å². The van der Waals surface area contributed by atoms with Crippen molar-refractivity contribution in [2.24, 2.45) is 5.92 Å². The molecule has 0 heterocycles. The Morgan fingerprint density at radius 2 is 1.59 bits per heavy atom. The van der Waals surface area contributed by atoms with Crippen molar-refractivity contribution in [1.29, 1.82) is 0 Å². The molecule has 1 atom stereocenters. The van der Waals surface area contributed by atoms with Crippen LogP contribution in [0.1, 0.15) is 76.7 Å². The van der Waals surface area contributed by atoms with Gasteiger partial charge >= 0.3 is 0 Å². The van der Waals surface area contributed by atoms with Crippen LogP contribution in [-0.4, -0.2) is 36.5 Å². The molecule has 1 rings (SSSR count). The lowest BCUT2D eigenvalue weighted by Crippen LogP contribution is -2.36. The molecule has 1 aromatic rings. The number of carbonyl (C=O) groups excluding carboxylic acids is 3. The van der Waals surface area contributed by atoms with E-state index in [0.29, 0.717) is 0 Å². The van der Waals surface area contributed by atoms with E-state index in [4.69, 9.17) is 9.94 Å². The van der Waals surface area contributed by atoms with Crippen molar-refractivity contribution in [3.05, 3.63) is 66.0 Å². The predicted molar refractivity (Wildman–Crippen MR) is 138 cm³/mol. The number of hydrogen-bond donors (Lipinski definition) is 3. The summed E-state index contributed by atoms with van der Waals surface area (Å²) < 4.78 is 5.66. The molecule has 0 radical (unpaired) electrons. The maximum atomic E-state index is 11.3. The molecule has 7 heteroatoms. The summed E-state index contributed by atoms with van der Waals surface area (Å²) in [6.07, 6.45) is 9.25. The highest BCUT2D eigenvalue weighted by Gasteiger charge is 2.18. The summed E-state index contributed by atoms with van der Waals surface area (Å²) in [6, 6.07) is 7.56. The van der Waals surface area contributed by atoms with Crippen LogP contribution in [0.5, 0.6) is 0 Å². The third kappa shape index (κ3) is 14.1. The van der Waals surface area contributed by atoms with Gasteiger partial charge in [0.2, 0.25) is 5.91 Å². The average Bonchev–Trinajstić information content (AvgIpc) is 2.87. The maximum absolute atomic E-state index is 11.3. The number of rotatable bonds is 11. The highest BCUT2D eigenvalue weighted by molar-refractivity contribution is 5.99. The fourth-order valence-electron chi connectivity index (χ4n) is 2.45. The van der Waals surface area contributed by atoms with Crippen LogP contribution in [0.4, 0.5) is 0 Å². The molecule has 0 spiro atoms. The third-order valence-corrected chi connectivity index (χ3v) is 4.56. The van der Waals surface area contributed by atoms with Gasteiger partial charge in [-0.3, -0.25) is 19.6 Å². The number of hydroxylamine groups is 1. The summed E-state index contributed by atoms with van der Waals surface area (Å²) in [5, 5.41) is 10.3. The van der Waals surface area contributed by atoms with Gasteiger partial charge in [0.1, 0.15) is 5.92 Å². The summed E-state index contributed by atoms with van der Waals surface area (Å²) in [5.41, 5.74) is 4.14. The predicted octanol–water partition coefficient (Wildman–Crippen LogP) is 5.47. The number of ether oxygens (including phenoxy) is 1.